The maximum Gasteiger partial charge on any atom is 0.157 e. The number of aliphatic hydroxyl groups excluding tert-OH is 2. The highest BCUT2D eigenvalue weighted by Gasteiger charge is 2.50. The third-order valence-corrected chi connectivity index (χ3v) is 3.21. The first-order chi connectivity index (χ1) is 7.75. The van der Waals surface area contributed by atoms with Gasteiger partial charge < -0.3 is 19.7 Å². The first kappa shape index (κ1) is 10.2. The van der Waals surface area contributed by atoms with Crippen LogP contribution < -0.4 is 0 Å². The summed E-state index contributed by atoms with van der Waals surface area (Å²) < 4.78 is 10.9. The molecule has 3 rings (SSSR count). The van der Waals surface area contributed by atoms with Crippen molar-refractivity contribution in [3.05, 3.63) is 35.9 Å². The Labute approximate surface area is 93.4 Å². The number of hydrogen-bond acceptors (Lipinski definition) is 4. The Kier molecular flexibility index (Phi) is 2.44. The van der Waals surface area contributed by atoms with Crippen LogP contribution in [0.1, 0.15) is 18.1 Å². The smallest absolute Gasteiger partial charge is 0.157 e. The van der Waals surface area contributed by atoms with Crippen molar-refractivity contribution in [3.63, 3.8) is 0 Å². The van der Waals surface area contributed by atoms with Crippen LogP contribution in [0.2, 0.25) is 0 Å². The lowest BCUT2D eigenvalue weighted by Crippen LogP contribution is -2.28. The Morgan fingerprint density at radius 2 is 1.81 bits per heavy atom. The molecule has 2 fully saturated rings. The van der Waals surface area contributed by atoms with Gasteiger partial charge in [-0.15, -0.1) is 0 Å². The Morgan fingerprint density at radius 1 is 1.06 bits per heavy atom. The minimum Gasteiger partial charge on any atom is -0.387 e. The van der Waals surface area contributed by atoms with E-state index >= 15 is 0 Å². The molecule has 0 amide bonds. The van der Waals surface area contributed by atoms with Gasteiger partial charge in [-0.05, 0) is 5.56 Å². The molecule has 4 nitrogen and oxygen atoms in total. The van der Waals surface area contributed by atoms with Gasteiger partial charge in [0, 0.05) is 6.42 Å². The summed E-state index contributed by atoms with van der Waals surface area (Å²) >= 11 is 0. The third kappa shape index (κ3) is 1.55. The number of aliphatic hydroxyl groups is 2. The van der Waals surface area contributed by atoms with Crippen molar-refractivity contribution in [2.45, 2.75) is 37.1 Å². The maximum atomic E-state index is 10.1. The van der Waals surface area contributed by atoms with Gasteiger partial charge in [0.25, 0.3) is 0 Å². The lowest BCUT2D eigenvalue weighted by molar-refractivity contribution is -0.122. The molecule has 2 saturated heterocycles. The molecule has 16 heavy (non-hydrogen) atoms. The fourth-order valence-corrected chi connectivity index (χ4v) is 2.45. The van der Waals surface area contributed by atoms with Crippen LogP contribution in [0.4, 0.5) is 0 Å². The van der Waals surface area contributed by atoms with Gasteiger partial charge in [0.1, 0.15) is 18.3 Å². The zero-order chi connectivity index (χ0) is 11.1. The summed E-state index contributed by atoms with van der Waals surface area (Å²) in [5.41, 5.74) is 0.947. The summed E-state index contributed by atoms with van der Waals surface area (Å²) in [7, 11) is 0. The van der Waals surface area contributed by atoms with Crippen molar-refractivity contribution in [1.82, 2.24) is 0 Å². The molecule has 0 bridgehead atoms. The zero-order valence-corrected chi connectivity index (χ0v) is 8.69. The highest BCUT2D eigenvalue weighted by Crippen LogP contribution is 2.40. The highest BCUT2D eigenvalue weighted by atomic mass is 16.7. The van der Waals surface area contributed by atoms with Crippen molar-refractivity contribution >= 4 is 0 Å². The van der Waals surface area contributed by atoms with E-state index in [0.29, 0.717) is 6.42 Å². The van der Waals surface area contributed by atoms with Crippen LogP contribution in [-0.2, 0) is 9.47 Å². The number of hydrogen-bond donors (Lipinski definition) is 2. The predicted octanol–water partition coefficient (Wildman–Crippen LogP) is 0.595. The summed E-state index contributed by atoms with van der Waals surface area (Å²) in [6.07, 6.45) is -2.02. The van der Waals surface area contributed by atoms with E-state index in [9.17, 15) is 10.2 Å². The largest absolute Gasteiger partial charge is 0.387 e. The minimum atomic E-state index is -0.804. The molecular formula is C12H14O4. The minimum absolute atomic E-state index is 0.199. The Hall–Kier alpha value is -0.940. The standard InChI is InChI=1S/C12H14O4/c13-9-6-8-12(16-9)10(14)11(15-8)7-4-2-1-3-5-7/h1-5,8-14H,6H2/t8-,9?,10+,11+,12+/m0/s1. The Bertz CT molecular complexity index is 367. The van der Waals surface area contributed by atoms with Crippen molar-refractivity contribution in [1.29, 1.82) is 0 Å². The average molecular weight is 222 g/mol. The molecule has 0 saturated carbocycles. The normalized spacial score (nSPS) is 42.2. The van der Waals surface area contributed by atoms with Crippen molar-refractivity contribution in [2.24, 2.45) is 0 Å². The van der Waals surface area contributed by atoms with Gasteiger partial charge in [-0.25, -0.2) is 0 Å². The molecule has 4 heteroatoms. The Balaban J connectivity index is 1.81. The molecular weight excluding hydrogens is 208 g/mol. The molecule has 1 aromatic rings. The topological polar surface area (TPSA) is 58.9 Å². The van der Waals surface area contributed by atoms with Crippen molar-refractivity contribution < 1.29 is 19.7 Å². The van der Waals surface area contributed by atoms with Gasteiger partial charge in [-0.2, -0.15) is 0 Å². The first-order valence-corrected chi connectivity index (χ1v) is 5.48. The van der Waals surface area contributed by atoms with Gasteiger partial charge in [0.15, 0.2) is 6.29 Å². The van der Waals surface area contributed by atoms with Crippen LogP contribution in [-0.4, -0.2) is 34.8 Å². The second kappa shape index (κ2) is 3.82. The highest BCUT2D eigenvalue weighted by molar-refractivity contribution is 5.21. The van der Waals surface area contributed by atoms with Gasteiger partial charge in [-0.3, -0.25) is 0 Å². The number of rotatable bonds is 1. The van der Waals surface area contributed by atoms with Crippen LogP contribution in [0.3, 0.4) is 0 Å². The maximum absolute atomic E-state index is 10.1. The summed E-state index contributed by atoms with van der Waals surface area (Å²) in [5, 5.41) is 19.4. The van der Waals surface area contributed by atoms with E-state index in [2.05, 4.69) is 0 Å². The van der Waals surface area contributed by atoms with Crippen LogP contribution in [0.15, 0.2) is 30.3 Å². The molecule has 2 aliphatic rings. The SMILES string of the molecule is OC1C[C@@H]2O[C@H](c3ccccc3)[C@@H](O)[C@@H]2O1. The second-order valence-corrected chi connectivity index (χ2v) is 4.29. The molecule has 1 aromatic carbocycles. The van der Waals surface area contributed by atoms with Gasteiger partial charge in [0.2, 0.25) is 0 Å². The summed E-state index contributed by atoms with van der Waals surface area (Å²) in [4.78, 5) is 0. The third-order valence-electron chi connectivity index (χ3n) is 3.21. The van der Waals surface area contributed by atoms with Crippen LogP contribution >= 0.6 is 0 Å². The molecule has 1 unspecified atom stereocenters. The van der Waals surface area contributed by atoms with E-state index in [1.807, 2.05) is 30.3 Å². The van der Waals surface area contributed by atoms with Gasteiger partial charge in [-0.1, -0.05) is 30.3 Å². The number of ether oxygens (including phenoxy) is 2. The van der Waals surface area contributed by atoms with E-state index in [1.54, 1.807) is 0 Å². The summed E-state index contributed by atoms with van der Waals surface area (Å²) in [5.74, 6) is 0. The molecule has 0 aromatic heterocycles. The van der Waals surface area contributed by atoms with Crippen LogP contribution in [0.25, 0.3) is 0 Å². The molecule has 2 heterocycles. The van der Waals surface area contributed by atoms with E-state index in [1.165, 1.54) is 0 Å². The fraction of sp³-hybridized carbons (Fsp3) is 0.500. The Morgan fingerprint density at radius 3 is 2.50 bits per heavy atom. The van der Waals surface area contributed by atoms with Crippen molar-refractivity contribution in [2.75, 3.05) is 0 Å². The lowest BCUT2D eigenvalue weighted by atomic mass is 10.0. The molecule has 0 aliphatic carbocycles. The molecule has 2 aliphatic heterocycles. The van der Waals surface area contributed by atoms with Gasteiger partial charge in [0.05, 0.1) is 6.10 Å². The van der Waals surface area contributed by atoms with E-state index < -0.39 is 18.5 Å². The second-order valence-electron chi connectivity index (χ2n) is 4.29. The van der Waals surface area contributed by atoms with Crippen LogP contribution in [0, 0.1) is 0 Å². The summed E-state index contributed by atoms with van der Waals surface area (Å²) in [6, 6.07) is 9.59. The monoisotopic (exact) mass is 222 g/mol. The molecule has 0 spiro atoms. The molecule has 5 atom stereocenters. The average Bonchev–Trinajstić information content (AvgIpc) is 2.79. The van der Waals surface area contributed by atoms with E-state index in [0.717, 1.165) is 5.56 Å². The number of benzene rings is 1. The zero-order valence-electron chi connectivity index (χ0n) is 8.69. The van der Waals surface area contributed by atoms with E-state index in [-0.39, 0.29) is 12.2 Å². The molecule has 2 N–H and O–H groups in total. The lowest BCUT2D eigenvalue weighted by Gasteiger charge is -2.18. The quantitative estimate of drug-likeness (QED) is 0.730. The predicted molar refractivity (Wildman–Crippen MR) is 55.6 cm³/mol. The number of fused-ring (bicyclic) bond motifs is 1. The first-order valence-electron chi connectivity index (χ1n) is 5.48. The van der Waals surface area contributed by atoms with E-state index in [4.69, 9.17) is 9.47 Å². The van der Waals surface area contributed by atoms with Crippen molar-refractivity contribution in [3.8, 4) is 0 Å². The fourth-order valence-electron chi connectivity index (χ4n) is 2.45. The summed E-state index contributed by atoms with van der Waals surface area (Å²) in [6.45, 7) is 0. The van der Waals surface area contributed by atoms with Crippen LogP contribution in [0.5, 0.6) is 0 Å². The molecule has 86 valence electrons. The molecule has 0 radical (unpaired) electrons. The van der Waals surface area contributed by atoms with Gasteiger partial charge >= 0.3 is 0 Å².